The maximum Gasteiger partial charge on any atom is 0.410 e. The van der Waals surface area contributed by atoms with Crippen LogP contribution in [0.3, 0.4) is 0 Å². The van der Waals surface area contributed by atoms with Gasteiger partial charge in [0.05, 0.1) is 12.3 Å². The number of amides is 3. The Balaban J connectivity index is 1.39. The maximum atomic E-state index is 12.9. The summed E-state index contributed by atoms with van der Waals surface area (Å²) in [6, 6.07) is -0.303. The molecule has 2 saturated heterocycles. The summed E-state index contributed by atoms with van der Waals surface area (Å²) < 4.78 is 5.44. The number of piperidine rings is 2. The summed E-state index contributed by atoms with van der Waals surface area (Å²) in [7, 11) is 0. The number of ether oxygens (including phenoxy) is 1. The van der Waals surface area contributed by atoms with Crippen LogP contribution in [0.5, 0.6) is 0 Å². The van der Waals surface area contributed by atoms with Gasteiger partial charge in [-0.2, -0.15) is 0 Å². The predicted molar refractivity (Wildman–Crippen MR) is 126 cm³/mol. The largest absolute Gasteiger partial charge is 0.481 e. The molecule has 34 heavy (non-hydrogen) atoms. The van der Waals surface area contributed by atoms with E-state index in [2.05, 4.69) is 5.32 Å². The summed E-state index contributed by atoms with van der Waals surface area (Å²) >= 11 is 0. The van der Waals surface area contributed by atoms with Crippen LogP contribution in [-0.2, 0) is 19.1 Å². The molecule has 0 spiro atoms. The number of hydrogen-bond acceptors (Lipinski definition) is 5. The average Bonchev–Trinajstić information content (AvgIpc) is 3.61. The van der Waals surface area contributed by atoms with E-state index in [1.807, 2.05) is 20.8 Å². The molecule has 2 atom stereocenters. The number of hydrogen-bond donors (Lipinski definition) is 2. The fourth-order valence-corrected chi connectivity index (χ4v) is 4.96. The summed E-state index contributed by atoms with van der Waals surface area (Å²) in [6.07, 6.45) is 6.09. The van der Waals surface area contributed by atoms with Crippen molar-refractivity contribution in [1.29, 1.82) is 0 Å². The lowest BCUT2D eigenvalue weighted by Gasteiger charge is -2.35. The van der Waals surface area contributed by atoms with Crippen LogP contribution in [0.4, 0.5) is 4.79 Å². The number of carbonyl (C=O) groups excluding carboxylic acids is 3. The molecule has 3 aliphatic rings. The molecule has 2 aliphatic heterocycles. The molecular formula is C25H41N3O6. The molecule has 0 aromatic heterocycles. The standard InChI is InChI=1S/C25H41N3O6/c1-25(2,3)34-24(33)27-13-10-17(11-14-27)6-9-21(29)28-12-4-5-19(16-28)23(32)26-20(15-22(30)31)18-7-8-18/h17-20H,4-16H2,1-3H3,(H,26,32)(H,30,31)/t19-,20?/m1/s1. The molecule has 2 heterocycles. The molecule has 0 radical (unpaired) electrons. The summed E-state index contributed by atoms with van der Waals surface area (Å²) in [5, 5.41) is 12.1. The van der Waals surface area contributed by atoms with Crippen molar-refractivity contribution in [2.75, 3.05) is 26.2 Å². The molecule has 2 N–H and O–H groups in total. The third-order valence-corrected chi connectivity index (χ3v) is 7.09. The van der Waals surface area contributed by atoms with Gasteiger partial charge in [-0.05, 0) is 77.6 Å². The third-order valence-electron chi connectivity index (χ3n) is 7.09. The van der Waals surface area contributed by atoms with Crippen LogP contribution < -0.4 is 5.32 Å². The predicted octanol–water partition coefficient (Wildman–Crippen LogP) is 3.02. The molecule has 1 unspecified atom stereocenters. The first-order chi connectivity index (χ1) is 16.0. The Kier molecular flexibility index (Phi) is 8.82. The highest BCUT2D eigenvalue weighted by atomic mass is 16.6. The van der Waals surface area contributed by atoms with Gasteiger partial charge in [0.15, 0.2) is 0 Å². The number of carboxylic acid groups (broad SMARTS) is 1. The van der Waals surface area contributed by atoms with E-state index in [4.69, 9.17) is 9.84 Å². The lowest BCUT2D eigenvalue weighted by Crippen LogP contribution is -2.48. The second kappa shape index (κ2) is 11.4. The first kappa shape index (κ1) is 26.3. The van der Waals surface area contributed by atoms with Crippen molar-refractivity contribution in [3.8, 4) is 0 Å². The Morgan fingerprint density at radius 2 is 1.68 bits per heavy atom. The van der Waals surface area contributed by atoms with Crippen molar-refractivity contribution >= 4 is 23.9 Å². The van der Waals surface area contributed by atoms with Crippen LogP contribution in [0.25, 0.3) is 0 Å². The van der Waals surface area contributed by atoms with E-state index < -0.39 is 11.6 Å². The zero-order valence-electron chi connectivity index (χ0n) is 20.9. The lowest BCUT2D eigenvalue weighted by atomic mass is 9.91. The minimum atomic E-state index is -0.894. The normalized spacial score (nSPS) is 22.7. The first-order valence-electron chi connectivity index (χ1n) is 12.8. The summed E-state index contributed by atoms with van der Waals surface area (Å²) in [6.45, 7) is 7.96. The maximum absolute atomic E-state index is 12.9. The highest BCUT2D eigenvalue weighted by molar-refractivity contribution is 5.82. The molecule has 1 saturated carbocycles. The Hall–Kier alpha value is -2.32. The molecule has 0 bridgehead atoms. The fraction of sp³-hybridized carbons (Fsp3) is 0.840. The van der Waals surface area contributed by atoms with E-state index in [0.29, 0.717) is 38.5 Å². The number of carbonyl (C=O) groups is 4. The van der Waals surface area contributed by atoms with Crippen molar-refractivity contribution in [3.63, 3.8) is 0 Å². The van der Waals surface area contributed by atoms with Gasteiger partial charge in [-0.15, -0.1) is 0 Å². The van der Waals surface area contributed by atoms with E-state index in [9.17, 15) is 19.2 Å². The molecule has 9 nitrogen and oxygen atoms in total. The minimum Gasteiger partial charge on any atom is -0.481 e. The van der Waals surface area contributed by atoms with Crippen molar-refractivity contribution in [1.82, 2.24) is 15.1 Å². The van der Waals surface area contributed by atoms with Crippen LogP contribution in [0, 0.1) is 17.8 Å². The van der Waals surface area contributed by atoms with Crippen LogP contribution >= 0.6 is 0 Å². The van der Waals surface area contributed by atoms with Gasteiger partial charge < -0.3 is 25.0 Å². The molecule has 9 heteroatoms. The zero-order valence-corrected chi connectivity index (χ0v) is 20.9. The molecule has 0 aromatic rings. The topological polar surface area (TPSA) is 116 Å². The van der Waals surface area contributed by atoms with Gasteiger partial charge >= 0.3 is 12.1 Å². The number of carboxylic acids is 1. The van der Waals surface area contributed by atoms with E-state index in [-0.39, 0.29) is 42.2 Å². The summed E-state index contributed by atoms with van der Waals surface area (Å²) in [4.78, 5) is 52.5. The van der Waals surface area contributed by atoms with Gasteiger partial charge in [0.1, 0.15) is 5.60 Å². The lowest BCUT2D eigenvalue weighted by molar-refractivity contribution is -0.138. The van der Waals surface area contributed by atoms with E-state index in [0.717, 1.165) is 44.9 Å². The number of rotatable bonds is 8. The van der Waals surface area contributed by atoms with Gasteiger partial charge in [0.2, 0.25) is 11.8 Å². The Labute approximate surface area is 202 Å². The quantitative estimate of drug-likeness (QED) is 0.553. The van der Waals surface area contributed by atoms with Crippen molar-refractivity contribution in [2.45, 2.75) is 90.2 Å². The monoisotopic (exact) mass is 479 g/mol. The van der Waals surface area contributed by atoms with Crippen molar-refractivity contribution < 1.29 is 29.0 Å². The highest BCUT2D eigenvalue weighted by Gasteiger charge is 2.36. The first-order valence-corrected chi connectivity index (χ1v) is 12.8. The molecule has 3 fully saturated rings. The second-order valence-corrected chi connectivity index (χ2v) is 11.2. The zero-order chi connectivity index (χ0) is 24.9. The van der Waals surface area contributed by atoms with Gasteiger partial charge in [-0.3, -0.25) is 14.4 Å². The van der Waals surface area contributed by atoms with Gasteiger partial charge in [0.25, 0.3) is 0 Å². The van der Waals surface area contributed by atoms with Crippen molar-refractivity contribution in [3.05, 3.63) is 0 Å². The Morgan fingerprint density at radius 1 is 1.00 bits per heavy atom. The number of aliphatic carboxylic acids is 1. The third kappa shape index (κ3) is 8.17. The van der Waals surface area contributed by atoms with Crippen LogP contribution in [-0.4, -0.2) is 76.6 Å². The molecule has 1 aliphatic carbocycles. The van der Waals surface area contributed by atoms with Gasteiger partial charge in [-0.25, -0.2) is 4.79 Å². The van der Waals surface area contributed by atoms with E-state index >= 15 is 0 Å². The summed E-state index contributed by atoms with van der Waals surface area (Å²) in [5.74, 6) is -0.536. The van der Waals surface area contributed by atoms with Gasteiger partial charge in [-0.1, -0.05) is 0 Å². The Morgan fingerprint density at radius 3 is 2.26 bits per heavy atom. The second-order valence-electron chi connectivity index (χ2n) is 11.2. The van der Waals surface area contributed by atoms with Crippen molar-refractivity contribution in [2.24, 2.45) is 17.8 Å². The van der Waals surface area contributed by atoms with E-state index in [1.54, 1.807) is 9.80 Å². The average molecular weight is 480 g/mol. The van der Waals surface area contributed by atoms with Gasteiger partial charge in [0, 0.05) is 38.6 Å². The van der Waals surface area contributed by atoms with Crippen LogP contribution in [0.2, 0.25) is 0 Å². The molecular weight excluding hydrogens is 438 g/mol. The highest BCUT2D eigenvalue weighted by Crippen LogP contribution is 2.34. The number of likely N-dealkylation sites (tertiary alicyclic amines) is 2. The SMILES string of the molecule is CC(C)(C)OC(=O)N1CCC(CCC(=O)N2CCC[C@@H](C(=O)NC(CC(=O)O)C3CC3)C2)CC1. The molecule has 3 rings (SSSR count). The minimum absolute atomic E-state index is 0.0431. The Bertz CT molecular complexity index is 752. The summed E-state index contributed by atoms with van der Waals surface area (Å²) in [5.41, 5.74) is -0.501. The number of nitrogens with zero attached hydrogens (tertiary/aromatic N) is 2. The van der Waals surface area contributed by atoms with Crippen LogP contribution in [0.15, 0.2) is 0 Å². The molecule has 3 amide bonds. The number of nitrogens with one attached hydrogen (secondary N) is 1. The molecule has 192 valence electrons. The fourth-order valence-electron chi connectivity index (χ4n) is 4.96. The molecule has 0 aromatic carbocycles. The van der Waals surface area contributed by atoms with E-state index in [1.165, 1.54) is 0 Å². The van der Waals surface area contributed by atoms with Crippen LogP contribution in [0.1, 0.15) is 78.6 Å². The smallest absolute Gasteiger partial charge is 0.410 e.